The largest absolute Gasteiger partial charge is 0.460 e. The fraction of sp³-hybridized carbons (Fsp3) is 0.350. The number of non-ortho nitro benzene ring substituents is 1. The number of hydrogen-bond donors (Lipinski definition) is 4. The van der Waals surface area contributed by atoms with Gasteiger partial charge in [0.2, 0.25) is 5.17 Å². The molecule has 11 nitrogen and oxygen atoms in total. The second-order valence-corrected chi connectivity index (χ2v) is 9.22. The van der Waals surface area contributed by atoms with Gasteiger partial charge in [0.25, 0.3) is 11.6 Å². The highest BCUT2D eigenvalue weighted by Crippen LogP contribution is 2.51. The van der Waals surface area contributed by atoms with E-state index in [1.165, 1.54) is 17.5 Å². The molecular formula is C20H18F8N7O4S+. The number of nitrogens with two attached hydrogens (primary N) is 1. The molecule has 2 atom stereocenters. The van der Waals surface area contributed by atoms with Crippen molar-refractivity contribution in [1.82, 2.24) is 15.5 Å². The quantitative estimate of drug-likeness (QED) is 0.156. The van der Waals surface area contributed by atoms with Crippen LogP contribution in [0.1, 0.15) is 29.8 Å². The Morgan fingerprint density at radius 1 is 1.20 bits per heavy atom. The second-order valence-electron chi connectivity index (χ2n) is 8.22. The molecule has 0 radical (unpaired) electrons. The molecule has 1 aliphatic rings. The molecule has 0 unspecified atom stereocenters. The number of benzene rings is 1. The van der Waals surface area contributed by atoms with Gasteiger partial charge in [-0.15, -0.1) is 5.53 Å². The lowest BCUT2D eigenvalue weighted by Gasteiger charge is -2.28. The monoisotopic (exact) mass is 604 g/mol. The van der Waals surface area contributed by atoms with Crippen LogP contribution in [-0.2, 0) is 5.92 Å². The minimum atomic E-state index is -6.67. The molecule has 218 valence electrons. The van der Waals surface area contributed by atoms with Gasteiger partial charge in [-0.3, -0.25) is 14.9 Å². The number of aliphatic hydroxyl groups is 1. The zero-order valence-corrected chi connectivity index (χ0v) is 20.8. The summed E-state index contributed by atoms with van der Waals surface area (Å²) in [5, 5.41) is 28.6. The number of aromatic nitrogens is 1. The Hall–Kier alpha value is -3.62. The van der Waals surface area contributed by atoms with E-state index in [-0.39, 0.29) is 22.3 Å². The predicted octanol–water partition coefficient (Wildman–Crippen LogP) is 3.10. The number of hydrogen-bond acceptors (Lipinski definition) is 9. The first-order valence-electron chi connectivity index (χ1n) is 10.8. The van der Waals surface area contributed by atoms with Gasteiger partial charge >= 0.3 is 18.0 Å². The van der Waals surface area contributed by atoms with Crippen LogP contribution in [0.15, 0.2) is 40.5 Å². The lowest BCUT2D eigenvalue weighted by atomic mass is 10.0. The summed E-state index contributed by atoms with van der Waals surface area (Å²) in [5.41, 5.74) is 0.834. The maximum absolute atomic E-state index is 14.5. The fourth-order valence-corrected chi connectivity index (χ4v) is 4.10. The molecule has 2 heterocycles. The summed E-state index contributed by atoms with van der Waals surface area (Å²) in [7, 11) is 0. The van der Waals surface area contributed by atoms with E-state index < -0.39 is 69.4 Å². The summed E-state index contributed by atoms with van der Waals surface area (Å²) in [4.78, 5) is 26.4. The Bertz CT molecular complexity index is 1340. The fourth-order valence-electron chi connectivity index (χ4n) is 3.08. The number of carbonyl (C=O) groups excluding carboxylic acids is 1. The van der Waals surface area contributed by atoms with Crippen LogP contribution in [0.3, 0.4) is 0 Å². The van der Waals surface area contributed by atoms with Crippen molar-refractivity contribution in [2.75, 3.05) is 5.32 Å². The number of nitro groups is 1. The second kappa shape index (κ2) is 11.1. The summed E-state index contributed by atoms with van der Waals surface area (Å²) in [6.45, 7) is 3.12. The average Bonchev–Trinajstić information content (AvgIpc) is 3.31. The number of quaternary nitrogens is 1. The molecule has 1 aromatic carbocycles. The molecule has 0 spiro atoms. The summed E-state index contributed by atoms with van der Waals surface area (Å²) < 4.78 is 106. The molecule has 1 amide bonds. The Kier molecular flexibility index (Phi) is 8.58. The van der Waals surface area contributed by atoms with Gasteiger partial charge in [0.1, 0.15) is 0 Å². The number of hydrazine groups is 1. The van der Waals surface area contributed by atoms with Crippen molar-refractivity contribution in [1.29, 1.82) is 0 Å². The summed E-state index contributed by atoms with van der Waals surface area (Å²) in [6.07, 6.45) is -7.70. The van der Waals surface area contributed by atoms with Crippen molar-refractivity contribution < 1.29 is 55.5 Å². The molecule has 2 aromatic rings. The summed E-state index contributed by atoms with van der Waals surface area (Å²) >= 11 is 0.790. The molecule has 3 rings (SSSR count). The van der Waals surface area contributed by atoms with Crippen LogP contribution < -0.4 is 16.4 Å². The topological polar surface area (TPSA) is 150 Å². The molecule has 0 saturated heterocycles. The third-order valence-electron chi connectivity index (χ3n) is 5.49. The number of nitrogens with zero attached hydrogens (tertiary/aromatic N) is 4. The van der Waals surface area contributed by atoms with Crippen molar-refractivity contribution in [2.24, 2.45) is 5.10 Å². The zero-order chi connectivity index (χ0) is 30.2. The molecule has 5 N–H and O–H groups in total. The zero-order valence-electron chi connectivity index (χ0n) is 20.0. The van der Waals surface area contributed by atoms with Gasteiger partial charge in [0, 0.05) is 28.8 Å². The van der Waals surface area contributed by atoms with Crippen LogP contribution in [0.2, 0.25) is 0 Å². The molecule has 20 heteroatoms. The number of halogens is 8. The standard InChI is InChI=1S/C20H17F8N7O4S/c1-8(9(2)36)34-17(31-32-33-34)40-14-4-3-11(35(38)39)6-12(14)16(37)30-15-13(21)5-10(7-29-15)18(22,23)19(24,25)20(26,27)28/h3-9,32-33,36H,1-2H3,(H,29,30,37)/p+1/t8-,9+/m1/s1. The van der Waals surface area contributed by atoms with Crippen molar-refractivity contribution >= 4 is 34.3 Å². The van der Waals surface area contributed by atoms with Crippen molar-refractivity contribution in [2.45, 2.75) is 48.9 Å². The van der Waals surface area contributed by atoms with Crippen LogP contribution in [-0.4, -0.2) is 55.3 Å². The third-order valence-corrected chi connectivity index (χ3v) is 6.55. The Labute approximate surface area is 222 Å². The van der Waals surface area contributed by atoms with E-state index in [1.807, 2.05) is 5.32 Å². The number of alkyl halides is 7. The highest BCUT2D eigenvalue weighted by molar-refractivity contribution is 8.13. The highest BCUT2D eigenvalue weighted by atomic mass is 32.2. The average molecular weight is 604 g/mol. The molecule has 0 saturated carbocycles. The smallest absolute Gasteiger partial charge is 0.391 e. The van der Waals surface area contributed by atoms with E-state index in [9.17, 15) is 55.1 Å². The number of anilines is 1. The number of rotatable bonds is 8. The first-order valence-corrected chi connectivity index (χ1v) is 11.6. The molecule has 1 aliphatic heterocycles. The van der Waals surface area contributed by atoms with Crippen molar-refractivity contribution in [3.05, 3.63) is 57.5 Å². The van der Waals surface area contributed by atoms with Gasteiger partial charge in [-0.1, -0.05) is 0 Å². The van der Waals surface area contributed by atoms with Crippen LogP contribution in [0.25, 0.3) is 0 Å². The third kappa shape index (κ3) is 5.93. The van der Waals surface area contributed by atoms with E-state index in [1.54, 1.807) is 6.92 Å². The SMILES string of the molecule is C[C@H](O)[C@@H](C)N1N[NH2+]N=C1Sc1ccc([N+](=O)[O-])cc1C(=O)Nc1ncc(C(F)(F)C(F)(F)C(F)(F)F)cc1F. The molecule has 0 fully saturated rings. The van der Waals surface area contributed by atoms with E-state index >= 15 is 0 Å². The van der Waals surface area contributed by atoms with E-state index in [0.29, 0.717) is 0 Å². The number of thioether (sulfide) groups is 1. The normalized spacial score (nSPS) is 16.0. The maximum atomic E-state index is 14.5. The minimum absolute atomic E-state index is 0.00937. The molecule has 0 aliphatic carbocycles. The van der Waals surface area contributed by atoms with Gasteiger partial charge in [-0.2, -0.15) is 30.7 Å². The van der Waals surface area contributed by atoms with E-state index in [0.717, 1.165) is 30.0 Å². The number of carbonyl (C=O) groups is 1. The van der Waals surface area contributed by atoms with E-state index in [4.69, 9.17) is 0 Å². The van der Waals surface area contributed by atoms with Gasteiger partial charge < -0.3 is 10.4 Å². The lowest BCUT2D eigenvalue weighted by molar-refractivity contribution is -0.726. The number of nitro benzene ring substituents is 1. The number of amides is 1. The molecule has 0 bridgehead atoms. The van der Waals surface area contributed by atoms with Crippen LogP contribution >= 0.6 is 11.8 Å². The number of nitrogens with one attached hydrogen (secondary N) is 2. The number of pyridine rings is 1. The van der Waals surface area contributed by atoms with Crippen LogP contribution in [0, 0.1) is 15.9 Å². The minimum Gasteiger partial charge on any atom is -0.391 e. The van der Waals surface area contributed by atoms with Gasteiger partial charge in [-0.25, -0.2) is 14.4 Å². The van der Waals surface area contributed by atoms with Crippen molar-refractivity contribution in [3.63, 3.8) is 0 Å². The maximum Gasteiger partial charge on any atom is 0.460 e. The number of aliphatic hydroxyl groups excluding tert-OH is 1. The Morgan fingerprint density at radius 2 is 1.85 bits per heavy atom. The molecular weight excluding hydrogens is 586 g/mol. The summed E-state index contributed by atoms with van der Waals surface area (Å²) in [5.74, 6) is -16.8. The van der Waals surface area contributed by atoms with Gasteiger partial charge in [0.15, 0.2) is 11.6 Å². The Balaban J connectivity index is 1.93. The summed E-state index contributed by atoms with van der Waals surface area (Å²) in [6, 6.07) is 2.08. The lowest BCUT2D eigenvalue weighted by Crippen LogP contribution is -2.88. The first kappa shape index (κ1) is 30.9. The number of amidine groups is 1. The van der Waals surface area contributed by atoms with Gasteiger partial charge in [0.05, 0.1) is 22.6 Å². The van der Waals surface area contributed by atoms with Crippen LogP contribution in [0.4, 0.5) is 46.6 Å². The van der Waals surface area contributed by atoms with Crippen molar-refractivity contribution in [3.8, 4) is 0 Å². The molecule has 40 heavy (non-hydrogen) atoms. The molecule has 1 aromatic heterocycles. The highest BCUT2D eigenvalue weighted by Gasteiger charge is 2.73. The van der Waals surface area contributed by atoms with Gasteiger partial charge in [-0.05, 0) is 48.4 Å². The first-order chi connectivity index (χ1) is 18.4. The Morgan fingerprint density at radius 3 is 2.40 bits per heavy atom. The van der Waals surface area contributed by atoms with Crippen LogP contribution in [0.5, 0.6) is 0 Å². The van der Waals surface area contributed by atoms with E-state index in [2.05, 4.69) is 15.6 Å². The predicted molar refractivity (Wildman–Crippen MR) is 121 cm³/mol.